The molecule has 0 bridgehead atoms. The Labute approximate surface area is 196 Å². The number of rotatable bonds is 25. The van der Waals surface area contributed by atoms with Crippen LogP contribution in [0, 0.1) is 0 Å². The van der Waals surface area contributed by atoms with Gasteiger partial charge < -0.3 is 4.74 Å². The lowest BCUT2D eigenvalue weighted by atomic mass is 10.0. The molecule has 0 aromatic heterocycles. The molecule has 0 radical (unpaired) electrons. The molecule has 0 fully saturated rings. The summed E-state index contributed by atoms with van der Waals surface area (Å²) in [6, 6.07) is 0. The molecule has 0 aromatic rings. The van der Waals surface area contributed by atoms with E-state index in [1.807, 2.05) is 6.08 Å². The summed E-state index contributed by atoms with van der Waals surface area (Å²) in [5, 5.41) is 0. The van der Waals surface area contributed by atoms with Gasteiger partial charge >= 0.3 is 5.97 Å². The van der Waals surface area contributed by atoms with E-state index in [1.165, 1.54) is 161 Å². The molecule has 0 aliphatic heterocycles. The molecular formula is C29H56O2. The van der Waals surface area contributed by atoms with Crippen LogP contribution in [0.25, 0.3) is 0 Å². The van der Waals surface area contributed by atoms with E-state index in [9.17, 15) is 4.79 Å². The lowest BCUT2D eigenvalue weighted by molar-refractivity contribution is -0.134. The van der Waals surface area contributed by atoms with Crippen LogP contribution in [0.4, 0.5) is 0 Å². The van der Waals surface area contributed by atoms with E-state index in [4.69, 9.17) is 0 Å². The van der Waals surface area contributed by atoms with Crippen molar-refractivity contribution in [3.8, 4) is 0 Å². The summed E-state index contributed by atoms with van der Waals surface area (Å²) in [4.78, 5) is 10.9. The van der Waals surface area contributed by atoms with Crippen molar-refractivity contribution in [2.45, 2.75) is 161 Å². The van der Waals surface area contributed by atoms with E-state index >= 15 is 0 Å². The number of carbonyl (C=O) groups is 1. The van der Waals surface area contributed by atoms with E-state index in [0.29, 0.717) is 0 Å². The second-order valence-corrected chi connectivity index (χ2v) is 9.49. The zero-order valence-electron chi connectivity index (χ0n) is 21.4. The van der Waals surface area contributed by atoms with Crippen molar-refractivity contribution < 1.29 is 9.53 Å². The molecule has 0 N–H and O–H groups in total. The van der Waals surface area contributed by atoms with Gasteiger partial charge in [-0.1, -0.05) is 154 Å². The smallest absolute Gasteiger partial charge is 0.330 e. The minimum atomic E-state index is -0.242. The Kier molecular flexibility index (Phi) is 26.5. The maximum atomic E-state index is 10.9. The molecule has 0 aliphatic carbocycles. The molecule has 0 aliphatic rings. The largest absolute Gasteiger partial charge is 0.466 e. The highest BCUT2D eigenvalue weighted by atomic mass is 16.5. The van der Waals surface area contributed by atoms with Crippen molar-refractivity contribution in [2.75, 3.05) is 7.11 Å². The first kappa shape index (κ1) is 30.2. The van der Waals surface area contributed by atoms with Crippen molar-refractivity contribution in [2.24, 2.45) is 0 Å². The second kappa shape index (κ2) is 27.2. The third-order valence-corrected chi connectivity index (χ3v) is 6.43. The molecule has 0 aromatic carbocycles. The van der Waals surface area contributed by atoms with Crippen LogP contribution in [0.2, 0.25) is 0 Å². The zero-order valence-corrected chi connectivity index (χ0v) is 21.4. The number of hydrogen-bond donors (Lipinski definition) is 0. The first-order chi connectivity index (χ1) is 15.3. The Morgan fingerprint density at radius 2 is 0.806 bits per heavy atom. The van der Waals surface area contributed by atoms with Gasteiger partial charge in [0.15, 0.2) is 0 Å². The Morgan fingerprint density at radius 3 is 1.10 bits per heavy atom. The summed E-state index contributed by atoms with van der Waals surface area (Å²) in [5.74, 6) is -0.242. The number of esters is 1. The van der Waals surface area contributed by atoms with Gasteiger partial charge in [-0.2, -0.15) is 0 Å². The predicted octanol–water partition coefficient (Wildman–Crippen LogP) is 10.1. The number of unbranched alkanes of at least 4 members (excludes halogenated alkanes) is 23. The summed E-state index contributed by atoms with van der Waals surface area (Å²) in [6.45, 7) is 2.30. The summed E-state index contributed by atoms with van der Waals surface area (Å²) in [5.41, 5.74) is 0. The van der Waals surface area contributed by atoms with Crippen LogP contribution in [-0.4, -0.2) is 13.1 Å². The highest BCUT2D eigenvalue weighted by Gasteiger charge is 1.96. The maximum absolute atomic E-state index is 10.9. The molecule has 2 heteroatoms. The zero-order chi connectivity index (χ0) is 22.7. The van der Waals surface area contributed by atoms with Gasteiger partial charge in [0, 0.05) is 6.08 Å². The number of allylic oxidation sites excluding steroid dienone is 1. The van der Waals surface area contributed by atoms with E-state index < -0.39 is 0 Å². The first-order valence-electron chi connectivity index (χ1n) is 14.1. The normalized spacial score (nSPS) is 11.4. The number of ether oxygens (including phenoxy) is 1. The van der Waals surface area contributed by atoms with Crippen LogP contribution in [0.5, 0.6) is 0 Å². The van der Waals surface area contributed by atoms with E-state index in [0.717, 1.165) is 6.42 Å². The van der Waals surface area contributed by atoms with E-state index in [1.54, 1.807) is 0 Å². The summed E-state index contributed by atoms with van der Waals surface area (Å²) in [7, 11) is 1.42. The summed E-state index contributed by atoms with van der Waals surface area (Å²) >= 11 is 0. The number of carbonyl (C=O) groups excluding carboxylic acids is 1. The van der Waals surface area contributed by atoms with Gasteiger partial charge in [0.05, 0.1) is 7.11 Å². The summed E-state index contributed by atoms with van der Waals surface area (Å²) in [6.07, 6.45) is 37.2. The van der Waals surface area contributed by atoms with Gasteiger partial charge in [-0.25, -0.2) is 4.79 Å². The monoisotopic (exact) mass is 436 g/mol. The van der Waals surface area contributed by atoms with Crippen molar-refractivity contribution >= 4 is 5.97 Å². The average molecular weight is 437 g/mol. The predicted molar refractivity (Wildman–Crippen MR) is 138 cm³/mol. The van der Waals surface area contributed by atoms with Gasteiger partial charge in [0.2, 0.25) is 0 Å². The fourth-order valence-corrected chi connectivity index (χ4v) is 4.30. The van der Waals surface area contributed by atoms with Crippen LogP contribution in [0.15, 0.2) is 12.2 Å². The standard InChI is InChI=1S/C29H56O2/c1-3-4-5-6-7-8-9-10-11-12-13-14-15-16-17-18-19-20-21-22-23-24-25-26-27-28-29(30)31-2/h27-28H,3-26H2,1-2H3. The quantitative estimate of drug-likeness (QED) is 0.0808. The molecule has 0 saturated carbocycles. The van der Waals surface area contributed by atoms with Crippen LogP contribution >= 0.6 is 0 Å². The Morgan fingerprint density at radius 1 is 0.516 bits per heavy atom. The third kappa shape index (κ3) is 27.2. The molecule has 0 rings (SSSR count). The SMILES string of the molecule is CCCCCCCCCCCCCCCCCCCCCCCCCC=CC(=O)OC. The molecule has 0 atom stereocenters. The van der Waals surface area contributed by atoms with Gasteiger partial charge in [-0.05, 0) is 12.8 Å². The van der Waals surface area contributed by atoms with Crippen molar-refractivity contribution in [3.05, 3.63) is 12.2 Å². The van der Waals surface area contributed by atoms with Crippen LogP contribution in [0.1, 0.15) is 161 Å². The minimum Gasteiger partial charge on any atom is -0.466 e. The molecule has 2 nitrogen and oxygen atoms in total. The number of hydrogen-bond acceptors (Lipinski definition) is 2. The number of methoxy groups -OCH3 is 1. The molecule has 0 saturated heterocycles. The van der Waals surface area contributed by atoms with Crippen LogP contribution in [-0.2, 0) is 9.53 Å². The highest BCUT2D eigenvalue weighted by molar-refractivity contribution is 5.81. The third-order valence-electron chi connectivity index (χ3n) is 6.43. The molecule has 0 unspecified atom stereocenters. The van der Waals surface area contributed by atoms with Gasteiger partial charge in [0.1, 0.15) is 0 Å². The van der Waals surface area contributed by atoms with Crippen molar-refractivity contribution in [3.63, 3.8) is 0 Å². The molecule has 0 spiro atoms. The van der Waals surface area contributed by atoms with Gasteiger partial charge in [-0.3, -0.25) is 0 Å². The molecular weight excluding hydrogens is 380 g/mol. The summed E-state index contributed by atoms with van der Waals surface area (Å²) < 4.78 is 4.58. The molecule has 0 heterocycles. The van der Waals surface area contributed by atoms with E-state index in [-0.39, 0.29) is 5.97 Å². The fourth-order valence-electron chi connectivity index (χ4n) is 4.30. The molecule has 31 heavy (non-hydrogen) atoms. The lowest BCUT2D eigenvalue weighted by Crippen LogP contribution is -1.93. The van der Waals surface area contributed by atoms with Crippen molar-refractivity contribution in [1.29, 1.82) is 0 Å². The highest BCUT2D eigenvalue weighted by Crippen LogP contribution is 2.15. The lowest BCUT2D eigenvalue weighted by Gasteiger charge is -2.04. The van der Waals surface area contributed by atoms with E-state index in [2.05, 4.69) is 11.7 Å². The minimum absolute atomic E-state index is 0.242. The fraction of sp³-hybridized carbons (Fsp3) is 0.897. The Balaban J connectivity index is 3.05. The Hall–Kier alpha value is -0.790. The van der Waals surface area contributed by atoms with Gasteiger partial charge in [-0.15, -0.1) is 0 Å². The van der Waals surface area contributed by atoms with Crippen LogP contribution < -0.4 is 0 Å². The maximum Gasteiger partial charge on any atom is 0.330 e. The van der Waals surface area contributed by atoms with Crippen LogP contribution in [0.3, 0.4) is 0 Å². The van der Waals surface area contributed by atoms with Crippen molar-refractivity contribution in [1.82, 2.24) is 0 Å². The Bertz CT molecular complexity index is 375. The second-order valence-electron chi connectivity index (χ2n) is 9.49. The average Bonchev–Trinajstić information content (AvgIpc) is 2.78. The van der Waals surface area contributed by atoms with Gasteiger partial charge in [0.25, 0.3) is 0 Å². The molecule has 184 valence electrons. The first-order valence-corrected chi connectivity index (χ1v) is 14.1. The molecule has 0 amide bonds. The topological polar surface area (TPSA) is 26.3 Å².